The highest BCUT2D eigenvalue weighted by Gasteiger charge is 2.11. The predicted molar refractivity (Wildman–Crippen MR) is 69.6 cm³/mol. The average molecular weight is 247 g/mol. The molecule has 0 fully saturated rings. The van der Waals surface area contributed by atoms with E-state index in [0.717, 1.165) is 5.56 Å². The molecule has 0 spiro atoms. The van der Waals surface area contributed by atoms with Crippen molar-refractivity contribution in [2.24, 2.45) is 0 Å². The van der Waals surface area contributed by atoms with Gasteiger partial charge >= 0.3 is 0 Å². The summed E-state index contributed by atoms with van der Waals surface area (Å²) in [5.74, 6) is -0.608. The van der Waals surface area contributed by atoms with Crippen molar-refractivity contribution in [1.82, 2.24) is 0 Å². The predicted octanol–water partition coefficient (Wildman–Crippen LogP) is 4.45. The Kier molecular flexibility index (Phi) is 3.60. The molecule has 1 nitrogen and oxygen atoms in total. The summed E-state index contributed by atoms with van der Waals surface area (Å²) in [5, 5.41) is 2.98. The van der Waals surface area contributed by atoms with Crippen LogP contribution >= 0.6 is 0 Å². The van der Waals surface area contributed by atoms with Crippen LogP contribution in [0.3, 0.4) is 0 Å². The first kappa shape index (κ1) is 12.6. The van der Waals surface area contributed by atoms with Crippen molar-refractivity contribution >= 4 is 5.69 Å². The molecule has 1 atom stereocenters. The molecule has 0 aromatic heterocycles. The molecule has 2 aromatic carbocycles. The average Bonchev–Trinajstić information content (AvgIpc) is 2.33. The number of halogens is 2. The van der Waals surface area contributed by atoms with E-state index in [2.05, 4.69) is 5.32 Å². The maximum atomic E-state index is 13.7. The summed E-state index contributed by atoms with van der Waals surface area (Å²) in [6.07, 6.45) is 0. The maximum absolute atomic E-state index is 13.7. The lowest BCUT2D eigenvalue weighted by atomic mass is 10.1. The van der Waals surface area contributed by atoms with Gasteiger partial charge in [0, 0.05) is 5.56 Å². The maximum Gasteiger partial charge on any atom is 0.146 e. The SMILES string of the molecule is Cc1ccc(NC(C)c2ccccc2F)c(F)c1. The van der Waals surface area contributed by atoms with Gasteiger partial charge in [0.05, 0.1) is 11.7 Å². The molecule has 2 aromatic rings. The van der Waals surface area contributed by atoms with Crippen LogP contribution in [-0.2, 0) is 0 Å². The van der Waals surface area contributed by atoms with Crippen LogP contribution in [0.4, 0.5) is 14.5 Å². The van der Waals surface area contributed by atoms with Crippen LogP contribution in [-0.4, -0.2) is 0 Å². The Morgan fingerprint density at radius 2 is 1.72 bits per heavy atom. The number of nitrogens with one attached hydrogen (secondary N) is 1. The molecule has 18 heavy (non-hydrogen) atoms. The van der Waals surface area contributed by atoms with Gasteiger partial charge in [0.2, 0.25) is 0 Å². The molecule has 94 valence electrons. The highest BCUT2D eigenvalue weighted by Crippen LogP contribution is 2.23. The first-order valence-electron chi connectivity index (χ1n) is 5.85. The van der Waals surface area contributed by atoms with Crippen LogP contribution < -0.4 is 5.32 Å². The van der Waals surface area contributed by atoms with E-state index in [1.165, 1.54) is 12.1 Å². The highest BCUT2D eigenvalue weighted by atomic mass is 19.1. The standard InChI is InChI=1S/C15H15F2N/c1-10-7-8-15(14(17)9-10)18-11(2)12-5-3-4-6-13(12)16/h3-9,11,18H,1-2H3. The molecular formula is C15H15F2N. The molecular weight excluding hydrogens is 232 g/mol. The molecule has 1 unspecified atom stereocenters. The molecule has 0 aliphatic rings. The highest BCUT2D eigenvalue weighted by molar-refractivity contribution is 5.48. The van der Waals surface area contributed by atoms with Gasteiger partial charge < -0.3 is 5.32 Å². The largest absolute Gasteiger partial charge is 0.376 e. The molecule has 0 saturated carbocycles. The monoisotopic (exact) mass is 247 g/mol. The zero-order chi connectivity index (χ0) is 13.1. The van der Waals surface area contributed by atoms with Gasteiger partial charge in [-0.15, -0.1) is 0 Å². The second-order valence-electron chi connectivity index (χ2n) is 4.37. The number of anilines is 1. The number of aryl methyl sites for hydroxylation is 1. The second kappa shape index (κ2) is 5.17. The second-order valence-corrected chi connectivity index (χ2v) is 4.37. The van der Waals surface area contributed by atoms with Crippen molar-refractivity contribution in [3.63, 3.8) is 0 Å². The summed E-state index contributed by atoms with van der Waals surface area (Å²) in [4.78, 5) is 0. The van der Waals surface area contributed by atoms with Crippen molar-refractivity contribution in [2.45, 2.75) is 19.9 Å². The summed E-state index contributed by atoms with van der Waals surface area (Å²) >= 11 is 0. The third-order valence-electron chi connectivity index (χ3n) is 2.87. The third kappa shape index (κ3) is 2.67. The Balaban J connectivity index is 2.21. The van der Waals surface area contributed by atoms with Crippen molar-refractivity contribution in [2.75, 3.05) is 5.32 Å². The van der Waals surface area contributed by atoms with E-state index in [9.17, 15) is 8.78 Å². The Morgan fingerprint density at radius 3 is 2.39 bits per heavy atom. The summed E-state index contributed by atoms with van der Waals surface area (Å²) in [7, 11) is 0. The van der Waals surface area contributed by atoms with Crippen molar-refractivity contribution in [3.8, 4) is 0 Å². The molecule has 0 aliphatic carbocycles. The van der Waals surface area contributed by atoms with E-state index in [1.54, 1.807) is 31.2 Å². The van der Waals surface area contributed by atoms with Crippen LogP contribution in [0.1, 0.15) is 24.1 Å². The van der Waals surface area contributed by atoms with E-state index in [4.69, 9.17) is 0 Å². The van der Waals surface area contributed by atoms with E-state index < -0.39 is 0 Å². The Hall–Kier alpha value is -1.90. The van der Waals surface area contributed by atoms with E-state index in [1.807, 2.05) is 13.0 Å². The van der Waals surface area contributed by atoms with Crippen LogP contribution in [0.15, 0.2) is 42.5 Å². The fourth-order valence-corrected chi connectivity index (χ4v) is 1.87. The van der Waals surface area contributed by atoms with Crippen LogP contribution in [0.2, 0.25) is 0 Å². The Morgan fingerprint density at radius 1 is 1.00 bits per heavy atom. The fourth-order valence-electron chi connectivity index (χ4n) is 1.87. The molecule has 3 heteroatoms. The van der Waals surface area contributed by atoms with Gasteiger partial charge in [-0.3, -0.25) is 0 Å². The Labute approximate surface area is 105 Å². The molecule has 0 aliphatic heterocycles. The molecule has 0 radical (unpaired) electrons. The van der Waals surface area contributed by atoms with E-state index in [-0.39, 0.29) is 17.7 Å². The molecule has 0 amide bonds. The van der Waals surface area contributed by atoms with Gasteiger partial charge in [0.25, 0.3) is 0 Å². The van der Waals surface area contributed by atoms with Gasteiger partial charge in [-0.2, -0.15) is 0 Å². The van der Waals surface area contributed by atoms with Crippen LogP contribution in [0, 0.1) is 18.6 Å². The van der Waals surface area contributed by atoms with E-state index >= 15 is 0 Å². The first-order chi connectivity index (χ1) is 8.58. The lowest BCUT2D eigenvalue weighted by Crippen LogP contribution is -2.09. The zero-order valence-corrected chi connectivity index (χ0v) is 10.4. The van der Waals surface area contributed by atoms with Gasteiger partial charge in [0.15, 0.2) is 0 Å². The number of rotatable bonds is 3. The van der Waals surface area contributed by atoms with Crippen LogP contribution in [0.25, 0.3) is 0 Å². The lowest BCUT2D eigenvalue weighted by Gasteiger charge is -2.17. The minimum Gasteiger partial charge on any atom is -0.376 e. The normalized spacial score (nSPS) is 12.2. The third-order valence-corrected chi connectivity index (χ3v) is 2.87. The minimum absolute atomic E-state index is 0.287. The van der Waals surface area contributed by atoms with E-state index in [0.29, 0.717) is 11.3 Å². The quantitative estimate of drug-likeness (QED) is 0.845. The first-order valence-corrected chi connectivity index (χ1v) is 5.85. The summed E-state index contributed by atoms with van der Waals surface area (Å²) < 4.78 is 27.2. The minimum atomic E-state index is -0.321. The number of hydrogen-bond acceptors (Lipinski definition) is 1. The summed E-state index contributed by atoms with van der Waals surface area (Å²) in [6.45, 7) is 3.63. The lowest BCUT2D eigenvalue weighted by molar-refractivity contribution is 0.596. The fraction of sp³-hybridized carbons (Fsp3) is 0.200. The summed E-state index contributed by atoms with van der Waals surface area (Å²) in [5.41, 5.74) is 1.77. The van der Waals surface area contributed by atoms with Gasteiger partial charge in [-0.25, -0.2) is 8.78 Å². The van der Waals surface area contributed by atoms with Gasteiger partial charge in [-0.05, 0) is 37.6 Å². The smallest absolute Gasteiger partial charge is 0.146 e. The number of hydrogen-bond donors (Lipinski definition) is 1. The number of benzene rings is 2. The van der Waals surface area contributed by atoms with Crippen LogP contribution in [0.5, 0.6) is 0 Å². The van der Waals surface area contributed by atoms with Gasteiger partial charge in [0.1, 0.15) is 11.6 Å². The summed E-state index contributed by atoms with van der Waals surface area (Å²) in [6, 6.07) is 11.2. The topological polar surface area (TPSA) is 12.0 Å². The van der Waals surface area contributed by atoms with Crippen molar-refractivity contribution in [1.29, 1.82) is 0 Å². The van der Waals surface area contributed by atoms with Crippen molar-refractivity contribution in [3.05, 3.63) is 65.2 Å². The molecule has 0 bridgehead atoms. The zero-order valence-electron chi connectivity index (χ0n) is 10.4. The molecule has 1 N–H and O–H groups in total. The Bertz CT molecular complexity index is 552. The molecule has 0 saturated heterocycles. The van der Waals surface area contributed by atoms with Crippen molar-refractivity contribution < 1.29 is 8.78 Å². The van der Waals surface area contributed by atoms with Gasteiger partial charge in [-0.1, -0.05) is 24.3 Å². The molecule has 2 rings (SSSR count). The molecule has 0 heterocycles.